The average molecular weight is 303 g/mol. The van der Waals surface area contributed by atoms with E-state index in [-0.39, 0.29) is 5.97 Å². The van der Waals surface area contributed by atoms with Gasteiger partial charge in [0, 0.05) is 5.57 Å². The maximum Gasteiger partial charge on any atom is 0.351 e. The van der Waals surface area contributed by atoms with Gasteiger partial charge in [-0.15, -0.1) is 0 Å². The van der Waals surface area contributed by atoms with Gasteiger partial charge < -0.3 is 4.74 Å². The number of cyclic esters (lactones) is 1. The zero-order valence-electron chi connectivity index (χ0n) is 10.4. The molecule has 2 nitrogen and oxygen atoms in total. The fourth-order valence-electron chi connectivity index (χ4n) is 1.53. The van der Waals surface area contributed by atoms with Gasteiger partial charge >= 0.3 is 5.97 Å². The van der Waals surface area contributed by atoms with E-state index in [1.54, 1.807) is 0 Å². The molecule has 0 radical (unpaired) electrons. The molecule has 4 heteroatoms. The molecule has 0 aliphatic carbocycles. The van der Waals surface area contributed by atoms with Gasteiger partial charge in [0.25, 0.3) is 0 Å². The van der Waals surface area contributed by atoms with E-state index in [9.17, 15) is 4.79 Å². The molecule has 0 saturated carbocycles. The highest BCUT2D eigenvalue weighted by molar-refractivity contribution is 9.12. The van der Waals surface area contributed by atoms with Crippen LogP contribution in [0, 0.1) is 0 Å². The first-order valence-electron chi connectivity index (χ1n) is 5.69. The number of rotatable bonds is 4. The molecule has 0 aromatic rings. The van der Waals surface area contributed by atoms with Crippen molar-refractivity contribution in [1.82, 2.24) is 0 Å². The molecule has 0 aromatic heterocycles. The van der Waals surface area contributed by atoms with Crippen LogP contribution >= 0.6 is 15.9 Å². The predicted octanol–water partition coefficient (Wildman–Crippen LogP) is 4.14. The Labute approximate surface area is 107 Å². The normalized spacial score (nSPS) is 19.6. The van der Waals surface area contributed by atoms with Crippen molar-refractivity contribution < 1.29 is 9.53 Å². The van der Waals surface area contributed by atoms with Crippen molar-refractivity contribution in [3.8, 4) is 0 Å². The summed E-state index contributed by atoms with van der Waals surface area (Å²) in [5.41, 5.74) is 3.21. The number of unbranched alkanes of at least 4 members (excludes halogenated alkanes) is 1. The van der Waals surface area contributed by atoms with E-state index < -0.39 is 8.07 Å². The van der Waals surface area contributed by atoms with Crippen molar-refractivity contribution in [2.75, 3.05) is 0 Å². The zero-order chi connectivity index (χ0) is 12.3. The molecule has 16 heavy (non-hydrogen) atoms. The molecule has 0 spiro atoms. The molecule has 1 aliphatic rings. The van der Waals surface area contributed by atoms with E-state index in [1.807, 2.05) is 0 Å². The Morgan fingerprint density at radius 1 is 1.38 bits per heavy atom. The lowest BCUT2D eigenvalue weighted by Gasteiger charge is -2.12. The minimum atomic E-state index is -1.36. The molecule has 1 heterocycles. The third-order valence-corrected chi connectivity index (χ3v) is 4.22. The van der Waals surface area contributed by atoms with Crippen LogP contribution in [0.1, 0.15) is 26.2 Å². The highest BCUT2D eigenvalue weighted by atomic mass is 79.9. The molecule has 0 bridgehead atoms. The van der Waals surface area contributed by atoms with Crippen LogP contribution in [-0.4, -0.2) is 14.0 Å². The summed E-state index contributed by atoms with van der Waals surface area (Å²) >= 11 is 3.33. The largest absolute Gasteiger partial charge is 0.423 e. The molecule has 0 fully saturated rings. The SMILES string of the molecule is CCCCC1=C(Br)C(=O)OC1=C[Si](C)(C)C. The first-order chi connectivity index (χ1) is 7.35. The number of hydrogen-bond acceptors (Lipinski definition) is 2. The topological polar surface area (TPSA) is 26.3 Å². The molecule has 0 unspecified atom stereocenters. The number of carbonyl (C=O) groups is 1. The van der Waals surface area contributed by atoms with Crippen LogP contribution in [0.25, 0.3) is 0 Å². The molecule has 1 aliphatic heterocycles. The second-order valence-electron chi connectivity index (χ2n) is 5.16. The van der Waals surface area contributed by atoms with Gasteiger partial charge in [0.05, 0.1) is 8.07 Å². The molecule has 0 N–H and O–H groups in total. The Hall–Kier alpha value is -0.353. The van der Waals surface area contributed by atoms with Crippen molar-refractivity contribution in [1.29, 1.82) is 0 Å². The van der Waals surface area contributed by atoms with E-state index in [2.05, 4.69) is 48.2 Å². The zero-order valence-corrected chi connectivity index (χ0v) is 13.0. The Balaban J connectivity index is 2.96. The maximum atomic E-state index is 11.5. The lowest BCUT2D eigenvalue weighted by molar-refractivity contribution is -0.132. The summed E-state index contributed by atoms with van der Waals surface area (Å²) in [6, 6.07) is 0. The van der Waals surface area contributed by atoms with Gasteiger partial charge in [-0.1, -0.05) is 38.7 Å². The number of carbonyl (C=O) groups excluding carboxylic acids is 1. The Kier molecular flexibility index (Phi) is 4.56. The lowest BCUT2D eigenvalue weighted by atomic mass is 10.1. The summed E-state index contributed by atoms with van der Waals surface area (Å²) in [4.78, 5) is 11.5. The Morgan fingerprint density at radius 3 is 2.50 bits per heavy atom. The molecule has 1 rings (SSSR count). The van der Waals surface area contributed by atoms with Gasteiger partial charge in [0.15, 0.2) is 0 Å². The summed E-state index contributed by atoms with van der Waals surface area (Å²) in [5, 5.41) is 0. The standard InChI is InChI=1S/C12H19BrO2Si/c1-5-6-7-9-10(8-16(2,3)4)15-12(14)11(9)13/h8H,5-7H2,1-4H3. The molecule has 90 valence electrons. The van der Waals surface area contributed by atoms with Gasteiger partial charge in [-0.3, -0.25) is 0 Å². The van der Waals surface area contributed by atoms with E-state index in [0.29, 0.717) is 4.48 Å². The van der Waals surface area contributed by atoms with Gasteiger partial charge in [-0.2, -0.15) is 0 Å². The second-order valence-corrected chi connectivity index (χ2v) is 11.0. The first-order valence-corrected chi connectivity index (χ1v) is 10.1. The third kappa shape index (κ3) is 3.59. The summed E-state index contributed by atoms with van der Waals surface area (Å²) in [6.45, 7) is 8.85. The fraction of sp³-hybridized carbons (Fsp3) is 0.583. The lowest BCUT2D eigenvalue weighted by Crippen LogP contribution is -2.17. The monoisotopic (exact) mass is 302 g/mol. The summed E-state index contributed by atoms with van der Waals surface area (Å²) in [5.74, 6) is 0.556. The number of halogens is 1. The quantitative estimate of drug-likeness (QED) is 0.576. The second kappa shape index (κ2) is 5.32. The fourth-order valence-corrected chi connectivity index (χ4v) is 3.03. The van der Waals surface area contributed by atoms with Crippen molar-refractivity contribution >= 4 is 30.0 Å². The van der Waals surface area contributed by atoms with Gasteiger partial charge in [-0.25, -0.2) is 4.79 Å². The highest BCUT2D eigenvalue weighted by Crippen LogP contribution is 2.34. The van der Waals surface area contributed by atoms with Gasteiger partial charge in [-0.05, 0) is 28.8 Å². The number of ether oxygens (including phenoxy) is 1. The highest BCUT2D eigenvalue weighted by Gasteiger charge is 2.28. The smallest absolute Gasteiger partial charge is 0.351 e. The average Bonchev–Trinajstić information content (AvgIpc) is 2.38. The number of esters is 1. The van der Waals surface area contributed by atoms with Crippen LogP contribution in [0.3, 0.4) is 0 Å². The minimum absolute atomic E-state index is 0.240. The van der Waals surface area contributed by atoms with Gasteiger partial charge in [0.1, 0.15) is 10.2 Å². The molecule has 0 aromatic carbocycles. The van der Waals surface area contributed by atoms with Crippen molar-refractivity contribution in [3.63, 3.8) is 0 Å². The summed E-state index contributed by atoms with van der Waals surface area (Å²) in [6.07, 6.45) is 3.13. The van der Waals surface area contributed by atoms with Crippen molar-refractivity contribution in [2.24, 2.45) is 0 Å². The molecule has 0 amide bonds. The van der Waals surface area contributed by atoms with Crippen LogP contribution in [0.15, 0.2) is 21.5 Å². The minimum Gasteiger partial charge on any atom is -0.423 e. The number of hydrogen-bond donors (Lipinski definition) is 0. The first kappa shape index (κ1) is 13.7. The summed E-state index contributed by atoms with van der Waals surface area (Å²) < 4.78 is 5.91. The predicted molar refractivity (Wildman–Crippen MR) is 73.0 cm³/mol. The van der Waals surface area contributed by atoms with E-state index >= 15 is 0 Å². The molecular weight excluding hydrogens is 284 g/mol. The van der Waals surface area contributed by atoms with Crippen LogP contribution < -0.4 is 0 Å². The Bertz CT molecular complexity index is 351. The van der Waals surface area contributed by atoms with E-state index in [0.717, 1.165) is 30.6 Å². The van der Waals surface area contributed by atoms with Crippen LogP contribution in [0.2, 0.25) is 19.6 Å². The van der Waals surface area contributed by atoms with Gasteiger partial charge in [0.2, 0.25) is 0 Å². The third-order valence-electron chi connectivity index (χ3n) is 2.29. The summed E-state index contributed by atoms with van der Waals surface area (Å²) in [7, 11) is -1.36. The number of allylic oxidation sites excluding steroid dienone is 1. The Morgan fingerprint density at radius 2 is 2.00 bits per heavy atom. The molecule has 0 saturated heterocycles. The van der Waals surface area contributed by atoms with Crippen molar-refractivity contribution in [3.05, 3.63) is 21.5 Å². The molecular formula is C12H19BrO2Si. The van der Waals surface area contributed by atoms with Crippen molar-refractivity contribution in [2.45, 2.75) is 45.8 Å². The van der Waals surface area contributed by atoms with E-state index in [4.69, 9.17) is 4.74 Å². The van der Waals surface area contributed by atoms with Crippen LogP contribution in [0.4, 0.5) is 0 Å². The van der Waals surface area contributed by atoms with E-state index in [1.165, 1.54) is 0 Å². The molecule has 0 atom stereocenters. The van der Waals surface area contributed by atoms with Crippen LogP contribution in [-0.2, 0) is 9.53 Å². The van der Waals surface area contributed by atoms with Crippen LogP contribution in [0.5, 0.6) is 0 Å². The maximum absolute atomic E-state index is 11.5.